The summed E-state index contributed by atoms with van der Waals surface area (Å²) in [6, 6.07) is 9.76. The number of halogens is 2. The smallest absolute Gasteiger partial charge is 0.407 e. The number of nitrogens with zero attached hydrogens (tertiary/aromatic N) is 1. The number of likely N-dealkylation sites (tertiary alicyclic amines) is 1. The van der Waals surface area contributed by atoms with Crippen LogP contribution in [0.2, 0.25) is 10.0 Å². The molecular formula is C31H44Cl2N4O7S. The molecule has 0 bridgehead atoms. The van der Waals surface area contributed by atoms with E-state index < -0.39 is 27.8 Å². The van der Waals surface area contributed by atoms with Crippen LogP contribution in [0.25, 0.3) is 0 Å². The van der Waals surface area contributed by atoms with Crippen LogP contribution in [0.15, 0.2) is 41.3 Å². The van der Waals surface area contributed by atoms with Crippen LogP contribution in [0.5, 0.6) is 5.75 Å². The molecular weight excluding hydrogens is 643 g/mol. The molecule has 2 aromatic carbocycles. The zero-order valence-electron chi connectivity index (χ0n) is 26.0. The van der Waals surface area contributed by atoms with E-state index in [1.54, 1.807) is 18.2 Å². The number of carbonyl (C=O) groups is 1. The lowest BCUT2D eigenvalue weighted by Crippen LogP contribution is -2.53. The first-order chi connectivity index (χ1) is 21.4. The van der Waals surface area contributed by atoms with Crippen LogP contribution in [0.1, 0.15) is 50.8 Å². The highest BCUT2D eigenvalue weighted by molar-refractivity contribution is 7.89. The molecule has 2 aromatic rings. The van der Waals surface area contributed by atoms with Gasteiger partial charge in [0.2, 0.25) is 10.0 Å². The number of hydrogen-bond acceptors (Lipinski definition) is 9. The standard InChI is InChI=1S/C31H44Cl2N4O7S/c1-31(2,3)44-30(38)36-22-5-4-12-37(20-22)28-19-25-26(17-21(32)18-27(25)33)29(28)43-23-6-8-24(9-7-23)45(39,40)35-11-14-42-16-15-41-13-10-34/h6-9,17-18,22,28-29,35H,4-5,10-16,19-20,34H2,1-3H3,(H,36,38)/t22-,28+,29+/m1/s1. The summed E-state index contributed by atoms with van der Waals surface area (Å²) in [5.41, 5.74) is 6.64. The second-order valence-electron chi connectivity index (χ2n) is 12.1. The molecule has 1 aliphatic carbocycles. The SMILES string of the molecule is CC(C)(C)OC(=O)N[C@@H]1CCCN([C@H]2Cc3c(Cl)cc(Cl)cc3[C@@H]2Oc2ccc(S(=O)(=O)NCCOCCOCCN)cc2)C1. The Kier molecular flexibility index (Phi) is 12.8. The summed E-state index contributed by atoms with van der Waals surface area (Å²) in [4.78, 5) is 14.9. The van der Waals surface area contributed by atoms with Gasteiger partial charge in [0.1, 0.15) is 17.5 Å². The number of hydrogen-bond donors (Lipinski definition) is 3. The van der Waals surface area contributed by atoms with Crippen molar-refractivity contribution in [2.45, 2.75) is 68.7 Å². The van der Waals surface area contributed by atoms with E-state index in [2.05, 4.69) is 14.9 Å². The van der Waals surface area contributed by atoms with E-state index >= 15 is 0 Å². The van der Waals surface area contributed by atoms with Gasteiger partial charge in [-0.25, -0.2) is 17.9 Å². The largest absolute Gasteiger partial charge is 0.484 e. The number of sulfonamides is 1. The van der Waals surface area contributed by atoms with Crippen LogP contribution in [0.3, 0.4) is 0 Å². The number of rotatable bonds is 14. The molecule has 45 heavy (non-hydrogen) atoms. The monoisotopic (exact) mass is 686 g/mol. The molecule has 0 radical (unpaired) electrons. The number of fused-ring (bicyclic) bond motifs is 1. The van der Waals surface area contributed by atoms with Crippen molar-refractivity contribution in [1.82, 2.24) is 14.9 Å². The van der Waals surface area contributed by atoms with E-state index in [1.165, 1.54) is 12.1 Å². The van der Waals surface area contributed by atoms with Gasteiger partial charge in [-0.1, -0.05) is 23.2 Å². The van der Waals surface area contributed by atoms with Crippen molar-refractivity contribution in [1.29, 1.82) is 0 Å². The summed E-state index contributed by atoms with van der Waals surface area (Å²) in [7, 11) is -3.74. The van der Waals surface area contributed by atoms with E-state index in [1.807, 2.05) is 26.8 Å². The fraction of sp³-hybridized carbons (Fsp3) is 0.581. The number of ether oxygens (including phenoxy) is 4. The van der Waals surface area contributed by atoms with E-state index in [9.17, 15) is 13.2 Å². The molecule has 0 saturated carbocycles. The number of amides is 1. The molecule has 11 nitrogen and oxygen atoms in total. The maximum absolute atomic E-state index is 12.8. The lowest BCUT2D eigenvalue weighted by molar-refractivity contribution is 0.0362. The van der Waals surface area contributed by atoms with E-state index in [4.69, 9.17) is 47.9 Å². The van der Waals surface area contributed by atoms with Gasteiger partial charge in [0.05, 0.1) is 37.4 Å². The fourth-order valence-electron chi connectivity index (χ4n) is 5.56. The van der Waals surface area contributed by atoms with E-state index in [0.717, 1.165) is 30.5 Å². The van der Waals surface area contributed by atoms with E-state index in [0.29, 0.717) is 55.1 Å². The molecule has 1 amide bonds. The molecule has 1 heterocycles. The lowest BCUT2D eigenvalue weighted by atomic mass is 10.0. The summed E-state index contributed by atoms with van der Waals surface area (Å²) in [6.45, 7) is 8.94. The molecule has 1 fully saturated rings. The van der Waals surface area contributed by atoms with Crippen molar-refractivity contribution >= 4 is 39.3 Å². The molecule has 1 aliphatic heterocycles. The highest BCUT2D eigenvalue weighted by Crippen LogP contribution is 2.43. The van der Waals surface area contributed by atoms with Crippen LogP contribution >= 0.6 is 23.2 Å². The summed E-state index contributed by atoms with van der Waals surface area (Å²) < 4.78 is 50.8. The molecule has 4 rings (SSSR count). The van der Waals surface area contributed by atoms with Gasteiger partial charge in [-0.3, -0.25) is 4.90 Å². The van der Waals surface area contributed by atoms with Crippen LogP contribution in [-0.4, -0.2) is 89.7 Å². The highest BCUT2D eigenvalue weighted by Gasteiger charge is 2.41. The Labute approximate surface area is 276 Å². The van der Waals surface area contributed by atoms with Crippen molar-refractivity contribution in [3.05, 3.63) is 57.6 Å². The van der Waals surface area contributed by atoms with Crippen molar-refractivity contribution in [3.8, 4) is 5.75 Å². The number of nitrogens with two attached hydrogens (primary N) is 1. The predicted molar refractivity (Wildman–Crippen MR) is 174 cm³/mol. The number of alkyl carbamates (subject to hydrolysis) is 1. The lowest BCUT2D eigenvalue weighted by Gasteiger charge is -2.39. The normalized spacial score (nSPS) is 20.5. The summed E-state index contributed by atoms with van der Waals surface area (Å²) in [6.07, 6.45) is 1.53. The Hall–Kier alpha value is -2.16. The Morgan fingerprint density at radius 1 is 1.07 bits per heavy atom. The van der Waals surface area contributed by atoms with Gasteiger partial charge >= 0.3 is 6.09 Å². The quantitative estimate of drug-likeness (QED) is 0.248. The van der Waals surface area contributed by atoms with Crippen LogP contribution in [0.4, 0.5) is 4.79 Å². The summed E-state index contributed by atoms with van der Waals surface area (Å²) >= 11 is 13.1. The van der Waals surface area contributed by atoms with Gasteiger partial charge in [-0.05, 0) is 88.5 Å². The number of piperidine rings is 1. The van der Waals surface area contributed by atoms with E-state index in [-0.39, 0.29) is 30.1 Å². The number of carbonyl (C=O) groups excluding carboxylic acids is 1. The number of nitrogens with one attached hydrogen (secondary N) is 2. The molecule has 3 atom stereocenters. The first-order valence-corrected chi connectivity index (χ1v) is 17.4. The predicted octanol–water partition coefficient (Wildman–Crippen LogP) is 4.30. The topological polar surface area (TPSA) is 141 Å². The first kappa shape index (κ1) is 35.7. The van der Waals surface area contributed by atoms with Gasteiger partial charge < -0.3 is 30.0 Å². The minimum atomic E-state index is -3.74. The maximum atomic E-state index is 12.8. The van der Waals surface area contributed by atoms with Gasteiger partial charge in [-0.15, -0.1) is 0 Å². The minimum Gasteiger partial charge on any atom is -0.484 e. The van der Waals surface area contributed by atoms with Gasteiger partial charge in [0, 0.05) is 41.3 Å². The molecule has 2 aliphatic rings. The van der Waals surface area contributed by atoms with Crippen molar-refractivity contribution < 1.29 is 32.2 Å². The number of benzene rings is 2. The second kappa shape index (κ2) is 16.1. The summed E-state index contributed by atoms with van der Waals surface area (Å²) in [5, 5.41) is 4.10. The van der Waals surface area contributed by atoms with Crippen molar-refractivity contribution in [3.63, 3.8) is 0 Å². The van der Waals surface area contributed by atoms with Crippen molar-refractivity contribution in [2.75, 3.05) is 52.6 Å². The Balaban J connectivity index is 1.42. The van der Waals surface area contributed by atoms with Crippen molar-refractivity contribution in [2.24, 2.45) is 5.73 Å². The molecule has 0 aromatic heterocycles. The third-order valence-electron chi connectivity index (χ3n) is 7.48. The molecule has 0 unspecified atom stereocenters. The zero-order chi connectivity index (χ0) is 32.6. The third kappa shape index (κ3) is 10.4. The fourth-order valence-corrected chi connectivity index (χ4v) is 7.16. The third-order valence-corrected chi connectivity index (χ3v) is 9.51. The Bertz CT molecular complexity index is 1390. The molecule has 14 heteroatoms. The molecule has 250 valence electrons. The zero-order valence-corrected chi connectivity index (χ0v) is 28.3. The molecule has 0 spiro atoms. The highest BCUT2D eigenvalue weighted by atomic mass is 35.5. The average Bonchev–Trinajstić information content (AvgIpc) is 3.32. The van der Waals surface area contributed by atoms with Crippen LogP contribution in [0, 0.1) is 0 Å². The maximum Gasteiger partial charge on any atom is 0.407 e. The Morgan fingerprint density at radius 3 is 2.47 bits per heavy atom. The van der Waals surface area contributed by atoms with Gasteiger partial charge in [0.25, 0.3) is 0 Å². The second-order valence-corrected chi connectivity index (χ2v) is 14.7. The minimum absolute atomic E-state index is 0.0787. The van der Waals surface area contributed by atoms with Gasteiger partial charge in [0.15, 0.2) is 0 Å². The average molecular weight is 688 g/mol. The van der Waals surface area contributed by atoms with Crippen LogP contribution < -0.4 is 20.5 Å². The Morgan fingerprint density at radius 2 is 1.78 bits per heavy atom. The first-order valence-electron chi connectivity index (χ1n) is 15.2. The molecule has 4 N–H and O–H groups in total. The van der Waals surface area contributed by atoms with Gasteiger partial charge in [-0.2, -0.15) is 0 Å². The van der Waals surface area contributed by atoms with Crippen LogP contribution in [-0.2, 0) is 30.7 Å². The summed E-state index contributed by atoms with van der Waals surface area (Å²) in [5.74, 6) is 0.508. The molecule has 1 saturated heterocycles.